The Bertz CT molecular complexity index is 14.5. The number of nitrogens with one attached hydrogen (secondary N) is 4. The molecule has 80 valence electrons. The maximum absolute atomic E-state index is 6.25. The molecular formula is H10N4O6Pt-4. The van der Waals surface area contributed by atoms with Crippen LogP contribution in [-0.4, -0.2) is 31.8 Å². The number of hydrogen-bond acceptors (Lipinski definition) is 6. The van der Waals surface area contributed by atoms with Gasteiger partial charge in [-0.05, 0) is 0 Å². The average molecular weight is 357 g/mol. The molecule has 0 unspecified atom stereocenters. The van der Waals surface area contributed by atoms with Gasteiger partial charge >= 0.3 is 21.1 Å². The Kier molecular flexibility index (Phi) is 63100. The molecule has 0 aliphatic rings. The Hall–Kier alpha value is 0.288. The summed E-state index contributed by atoms with van der Waals surface area (Å²) in [6.45, 7) is 0. The molecule has 0 heterocycles. The minimum absolute atomic E-state index is 0. The molecule has 0 rings (SSSR count). The van der Waals surface area contributed by atoms with Crippen molar-refractivity contribution in [1.29, 1.82) is 0 Å². The van der Waals surface area contributed by atoms with E-state index in [9.17, 15) is 0 Å². The molecule has 0 aliphatic carbocycles. The number of hydrogen-bond donors (Lipinski definition) is 4. The van der Waals surface area contributed by atoms with Gasteiger partial charge in [-0.15, -0.1) is 0 Å². The van der Waals surface area contributed by atoms with Crippen molar-refractivity contribution in [2.45, 2.75) is 0 Å². The third-order valence-electron chi connectivity index (χ3n) is 0. The summed E-state index contributed by atoms with van der Waals surface area (Å²) in [5.41, 5.74) is 0. The zero-order chi connectivity index (χ0) is 8.00. The molecule has 11 heavy (non-hydrogen) atoms. The molecule has 10 N–H and O–H groups in total. The molecule has 0 spiro atoms. The summed E-state index contributed by atoms with van der Waals surface area (Å²) in [4.78, 5) is 0. The zero-order valence-corrected chi connectivity index (χ0v) is 7.27. The zero-order valence-electron chi connectivity index (χ0n) is 5.00. The SMILES string of the molecule is [NH-]O.[NH-]O.[NH-]O.[NH-]O.[OH-].[OH-].[Pt+2]. The van der Waals surface area contributed by atoms with Crippen molar-refractivity contribution in [3.63, 3.8) is 0 Å². The van der Waals surface area contributed by atoms with E-state index in [1.807, 2.05) is 0 Å². The van der Waals surface area contributed by atoms with E-state index in [0.29, 0.717) is 0 Å². The maximum Gasteiger partial charge on any atom is 2.00 e. The molecule has 0 amide bonds. The second-order valence-electron chi connectivity index (χ2n) is 0. The molecule has 0 saturated carbocycles. The van der Waals surface area contributed by atoms with Crippen LogP contribution in [0.5, 0.6) is 0 Å². The molecule has 0 aromatic carbocycles. The fraction of sp³-hybridized carbons (Fsp3) is 0. The van der Waals surface area contributed by atoms with Gasteiger partial charge in [-0.1, -0.05) is 0 Å². The Morgan fingerprint density at radius 3 is 0.455 bits per heavy atom. The van der Waals surface area contributed by atoms with Gasteiger partial charge in [0.25, 0.3) is 0 Å². The molecule has 0 atom stereocenters. The summed E-state index contributed by atoms with van der Waals surface area (Å²) in [5.74, 6) is 19.0. The largest absolute Gasteiger partial charge is 2.00 e. The van der Waals surface area contributed by atoms with Crippen LogP contribution in [0.2, 0.25) is 0 Å². The van der Waals surface area contributed by atoms with E-state index < -0.39 is 0 Å². The van der Waals surface area contributed by atoms with Crippen LogP contribution in [0.4, 0.5) is 0 Å². The predicted octanol–water partition coefficient (Wildman–Crippen LogP) is 1.36. The summed E-state index contributed by atoms with van der Waals surface area (Å²) >= 11 is 0. The van der Waals surface area contributed by atoms with Gasteiger partial charge in [0.2, 0.25) is 0 Å². The van der Waals surface area contributed by atoms with E-state index in [4.69, 9.17) is 44.4 Å². The molecule has 0 aromatic rings. The van der Waals surface area contributed by atoms with Crippen LogP contribution in [-0.2, 0) is 21.1 Å². The summed E-state index contributed by atoms with van der Waals surface area (Å²) in [5, 5.41) is 25.0. The fourth-order valence-electron chi connectivity index (χ4n) is 0. The van der Waals surface area contributed by atoms with E-state index in [-0.39, 0.29) is 32.0 Å². The van der Waals surface area contributed by atoms with Gasteiger partial charge in [0.1, 0.15) is 0 Å². The maximum atomic E-state index is 6.25. The predicted molar refractivity (Wildman–Crippen MR) is 28.3 cm³/mol. The van der Waals surface area contributed by atoms with Gasteiger partial charge in [0.15, 0.2) is 0 Å². The quantitative estimate of drug-likeness (QED) is 0.466. The smallest absolute Gasteiger partial charge is 0.870 e. The molecule has 10 nitrogen and oxygen atoms in total. The Balaban J connectivity index is -0.00000000356. The number of rotatable bonds is 0. The van der Waals surface area contributed by atoms with Crippen molar-refractivity contribution in [2.24, 2.45) is 0 Å². The van der Waals surface area contributed by atoms with Crippen molar-refractivity contribution in [3.8, 4) is 0 Å². The van der Waals surface area contributed by atoms with E-state index in [0.717, 1.165) is 0 Å². The van der Waals surface area contributed by atoms with Crippen LogP contribution in [0.15, 0.2) is 0 Å². The van der Waals surface area contributed by atoms with E-state index >= 15 is 0 Å². The first-order chi connectivity index (χ1) is 4.00. The molecule has 0 aromatic heterocycles. The summed E-state index contributed by atoms with van der Waals surface area (Å²) in [6, 6.07) is 0. The minimum atomic E-state index is 0. The topological polar surface area (TPSA) is 236 Å². The summed E-state index contributed by atoms with van der Waals surface area (Å²) < 4.78 is 0. The second kappa shape index (κ2) is 10700. The van der Waals surface area contributed by atoms with Crippen LogP contribution < -0.4 is 0 Å². The molecular weight excluding hydrogens is 347 g/mol. The van der Waals surface area contributed by atoms with E-state index in [1.165, 1.54) is 0 Å². The van der Waals surface area contributed by atoms with Crippen LogP contribution in [0.25, 0.3) is 23.6 Å². The molecule has 11 heteroatoms. The minimum Gasteiger partial charge on any atom is -0.870 e. The Morgan fingerprint density at radius 1 is 0.455 bits per heavy atom. The van der Waals surface area contributed by atoms with Gasteiger partial charge in [-0.3, -0.25) is 0 Å². The van der Waals surface area contributed by atoms with Crippen LogP contribution in [0, 0.1) is 0 Å². The van der Waals surface area contributed by atoms with E-state index in [2.05, 4.69) is 0 Å². The molecule has 0 saturated heterocycles. The monoisotopic (exact) mass is 357 g/mol. The van der Waals surface area contributed by atoms with Crippen molar-refractivity contribution in [3.05, 3.63) is 23.6 Å². The molecule has 0 bridgehead atoms. The second-order valence-corrected chi connectivity index (χ2v) is 0. The van der Waals surface area contributed by atoms with Crippen molar-refractivity contribution >= 4 is 0 Å². The first-order valence-electron chi connectivity index (χ1n) is 0.894. The average Bonchev–Trinajstić information content (AvgIpc) is 2.03. The van der Waals surface area contributed by atoms with Crippen molar-refractivity contribution in [1.82, 2.24) is 0 Å². The summed E-state index contributed by atoms with van der Waals surface area (Å²) in [7, 11) is 0. The van der Waals surface area contributed by atoms with Gasteiger partial charge in [-0.2, -0.15) is 0 Å². The first-order valence-corrected chi connectivity index (χ1v) is 0.894. The van der Waals surface area contributed by atoms with Crippen LogP contribution >= 0.6 is 0 Å². The van der Waals surface area contributed by atoms with Crippen molar-refractivity contribution in [2.75, 3.05) is 0 Å². The van der Waals surface area contributed by atoms with E-state index in [1.54, 1.807) is 0 Å². The Labute approximate surface area is 77.1 Å². The molecule has 0 aliphatic heterocycles. The standard InChI is InChI=1S/4H2NO.2H2O.Pt/c4*1-2;;;/h4*1-2H;2*1H2;/q4*-1;;;+2/p-2. The fourth-order valence-corrected chi connectivity index (χ4v) is 0. The van der Waals surface area contributed by atoms with Crippen LogP contribution in [0.3, 0.4) is 0 Å². The van der Waals surface area contributed by atoms with Gasteiger partial charge < -0.3 is 55.4 Å². The van der Waals surface area contributed by atoms with Crippen LogP contribution in [0.1, 0.15) is 0 Å². The molecule has 0 radical (unpaired) electrons. The normalized spacial score (nSPS) is 2.18. The third-order valence-corrected chi connectivity index (χ3v) is 0. The van der Waals surface area contributed by atoms with Gasteiger partial charge in [0.05, 0.1) is 0 Å². The van der Waals surface area contributed by atoms with Crippen molar-refractivity contribution < 1.29 is 52.8 Å². The first kappa shape index (κ1) is 65.0. The summed E-state index contributed by atoms with van der Waals surface area (Å²) in [6.07, 6.45) is 0. The molecule has 0 fully saturated rings. The van der Waals surface area contributed by atoms with Gasteiger partial charge in [-0.25, -0.2) is 0 Å². The Morgan fingerprint density at radius 2 is 0.455 bits per heavy atom. The third kappa shape index (κ3) is 8500. The van der Waals surface area contributed by atoms with Gasteiger partial charge in [0, 0.05) is 0 Å².